The molecule has 0 atom stereocenters. The monoisotopic (exact) mass is 420 g/mol. The molecule has 0 unspecified atom stereocenters. The number of benzene rings is 2. The van der Waals surface area contributed by atoms with Crippen molar-refractivity contribution in [1.82, 2.24) is 15.0 Å². The summed E-state index contributed by atoms with van der Waals surface area (Å²) in [6.45, 7) is 6.23. The summed E-state index contributed by atoms with van der Waals surface area (Å²) >= 11 is 0. The smallest absolute Gasteiger partial charge is 0.321 e. The van der Waals surface area contributed by atoms with Crippen LogP contribution >= 0.6 is 0 Å². The minimum atomic E-state index is -0.0650. The Hall–Kier alpha value is -3.19. The zero-order valence-corrected chi connectivity index (χ0v) is 18.0. The Kier molecular flexibility index (Phi) is 6.62. The fraction of sp³-hybridized carbons (Fsp3) is 0.375. The quantitative estimate of drug-likeness (QED) is 0.619. The zero-order valence-electron chi connectivity index (χ0n) is 18.0. The highest BCUT2D eigenvalue weighted by atomic mass is 16.5. The van der Waals surface area contributed by atoms with E-state index in [9.17, 15) is 4.79 Å². The number of carbonyl (C=O) groups is 1. The van der Waals surface area contributed by atoms with Crippen LogP contribution in [0.3, 0.4) is 0 Å². The van der Waals surface area contributed by atoms with Crippen molar-refractivity contribution in [3.8, 4) is 0 Å². The first-order chi connectivity index (χ1) is 15.1. The van der Waals surface area contributed by atoms with Gasteiger partial charge < -0.3 is 19.5 Å². The molecule has 7 heteroatoms. The first kappa shape index (κ1) is 21.1. The number of piperidine rings is 1. The van der Waals surface area contributed by atoms with Gasteiger partial charge in [0.15, 0.2) is 5.82 Å². The molecule has 1 fully saturated rings. The number of nitrogens with zero attached hydrogens (tertiary/aromatic N) is 3. The summed E-state index contributed by atoms with van der Waals surface area (Å²) in [5, 5.41) is 7.13. The predicted molar refractivity (Wildman–Crippen MR) is 118 cm³/mol. The molecule has 31 heavy (non-hydrogen) atoms. The maximum Gasteiger partial charge on any atom is 0.321 e. The highest BCUT2D eigenvalue weighted by Gasteiger charge is 2.27. The normalized spacial score (nSPS) is 14.6. The summed E-state index contributed by atoms with van der Waals surface area (Å²) in [4.78, 5) is 18.9. The maximum atomic E-state index is 12.6. The van der Waals surface area contributed by atoms with Crippen LogP contribution in [0.2, 0.25) is 0 Å². The Bertz CT molecular complexity index is 1010. The van der Waals surface area contributed by atoms with Crippen LogP contribution in [0.15, 0.2) is 53.1 Å². The number of likely N-dealkylation sites (tertiary alicyclic amines) is 1. The fourth-order valence-corrected chi connectivity index (χ4v) is 3.69. The van der Waals surface area contributed by atoms with Crippen LogP contribution in [0.5, 0.6) is 0 Å². The lowest BCUT2D eigenvalue weighted by Gasteiger charge is -2.30. The van der Waals surface area contributed by atoms with Gasteiger partial charge in [0, 0.05) is 24.7 Å². The SMILES string of the molecule is Cc1ccc(NC(=O)N2CCC(c3noc(COCc4ccccc4)n3)CC2)cc1C. The number of nitrogens with one attached hydrogen (secondary N) is 1. The van der Waals surface area contributed by atoms with E-state index in [0.717, 1.165) is 29.7 Å². The van der Waals surface area contributed by atoms with Crippen molar-refractivity contribution in [2.45, 2.75) is 45.8 Å². The average molecular weight is 421 g/mol. The Morgan fingerprint density at radius 1 is 1.10 bits per heavy atom. The zero-order chi connectivity index (χ0) is 21.6. The van der Waals surface area contributed by atoms with Crippen LogP contribution in [0, 0.1) is 13.8 Å². The number of aromatic nitrogens is 2. The molecule has 1 aliphatic rings. The van der Waals surface area contributed by atoms with Gasteiger partial charge in [-0.3, -0.25) is 0 Å². The lowest BCUT2D eigenvalue weighted by atomic mass is 9.96. The van der Waals surface area contributed by atoms with E-state index >= 15 is 0 Å². The molecule has 1 N–H and O–H groups in total. The number of hydrogen-bond donors (Lipinski definition) is 1. The van der Waals surface area contributed by atoms with E-state index in [1.807, 2.05) is 60.4 Å². The number of rotatable bonds is 6. The summed E-state index contributed by atoms with van der Waals surface area (Å²) in [7, 11) is 0. The molecule has 0 radical (unpaired) electrons. The fourth-order valence-electron chi connectivity index (χ4n) is 3.69. The van der Waals surface area contributed by atoms with Crippen molar-refractivity contribution in [1.29, 1.82) is 0 Å². The predicted octanol–water partition coefficient (Wildman–Crippen LogP) is 4.81. The van der Waals surface area contributed by atoms with Crippen molar-refractivity contribution >= 4 is 11.7 Å². The van der Waals surface area contributed by atoms with Crippen molar-refractivity contribution < 1.29 is 14.1 Å². The van der Waals surface area contributed by atoms with Gasteiger partial charge in [0.1, 0.15) is 6.61 Å². The summed E-state index contributed by atoms with van der Waals surface area (Å²) < 4.78 is 11.0. The van der Waals surface area contributed by atoms with E-state index in [0.29, 0.717) is 38.0 Å². The molecule has 1 aromatic heterocycles. The summed E-state index contributed by atoms with van der Waals surface area (Å²) in [5.41, 5.74) is 4.31. The third-order valence-corrected chi connectivity index (χ3v) is 5.73. The van der Waals surface area contributed by atoms with E-state index < -0.39 is 0 Å². The van der Waals surface area contributed by atoms with Crippen molar-refractivity contribution in [3.05, 3.63) is 76.9 Å². The largest absolute Gasteiger partial charge is 0.367 e. The van der Waals surface area contributed by atoms with E-state index in [1.165, 1.54) is 5.56 Å². The second-order valence-corrected chi connectivity index (χ2v) is 8.02. The first-order valence-electron chi connectivity index (χ1n) is 10.7. The molecule has 4 rings (SSSR count). The maximum absolute atomic E-state index is 12.6. The molecule has 162 valence electrons. The first-order valence-corrected chi connectivity index (χ1v) is 10.7. The number of urea groups is 1. The van der Waals surface area contributed by atoms with Crippen molar-refractivity contribution in [2.75, 3.05) is 18.4 Å². The van der Waals surface area contributed by atoms with Crippen LogP contribution in [-0.2, 0) is 18.0 Å². The molecular weight excluding hydrogens is 392 g/mol. The number of amides is 2. The van der Waals surface area contributed by atoms with E-state index in [2.05, 4.69) is 22.4 Å². The third kappa shape index (κ3) is 5.49. The Morgan fingerprint density at radius 2 is 1.87 bits per heavy atom. The molecule has 0 spiro atoms. The van der Waals surface area contributed by atoms with Gasteiger partial charge in [0.25, 0.3) is 5.89 Å². The number of ether oxygens (including phenoxy) is 1. The van der Waals surface area contributed by atoms with Gasteiger partial charge in [0.2, 0.25) is 0 Å². The van der Waals surface area contributed by atoms with Gasteiger partial charge in [0.05, 0.1) is 6.61 Å². The molecule has 0 aliphatic carbocycles. The van der Waals surface area contributed by atoms with Gasteiger partial charge >= 0.3 is 6.03 Å². The third-order valence-electron chi connectivity index (χ3n) is 5.73. The molecule has 2 heterocycles. The van der Waals surface area contributed by atoms with Gasteiger partial charge in [-0.2, -0.15) is 4.98 Å². The van der Waals surface area contributed by atoms with Gasteiger partial charge in [-0.05, 0) is 55.5 Å². The highest BCUT2D eigenvalue weighted by Crippen LogP contribution is 2.26. The standard InChI is InChI=1S/C24H28N4O3/c1-17-8-9-21(14-18(17)2)25-24(29)28-12-10-20(11-13-28)23-26-22(31-27-23)16-30-15-19-6-4-3-5-7-19/h3-9,14,20H,10-13,15-16H2,1-2H3,(H,25,29). The summed E-state index contributed by atoms with van der Waals surface area (Å²) in [5.74, 6) is 1.38. The van der Waals surface area contributed by atoms with Crippen molar-refractivity contribution in [3.63, 3.8) is 0 Å². The lowest BCUT2D eigenvalue weighted by Crippen LogP contribution is -2.40. The molecular formula is C24H28N4O3. The Labute approximate surface area is 182 Å². The molecule has 1 aliphatic heterocycles. The lowest BCUT2D eigenvalue weighted by molar-refractivity contribution is 0.0850. The van der Waals surface area contributed by atoms with Crippen LogP contribution in [0.1, 0.15) is 47.2 Å². The molecule has 3 aromatic rings. The summed E-state index contributed by atoms with van der Waals surface area (Å²) in [6.07, 6.45) is 1.62. The molecule has 7 nitrogen and oxygen atoms in total. The van der Waals surface area contributed by atoms with Crippen LogP contribution < -0.4 is 5.32 Å². The molecule has 2 aromatic carbocycles. The number of hydrogen-bond acceptors (Lipinski definition) is 5. The van der Waals surface area contributed by atoms with E-state index in [4.69, 9.17) is 9.26 Å². The number of anilines is 1. The second kappa shape index (κ2) is 9.75. The topological polar surface area (TPSA) is 80.5 Å². The van der Waals surface area contributed by atoms with Gasteiger partial charge in [-0.15, -0.1) is 0 Å². The van der Waals surface area contributed by atoms with Crippen LogP contribution in [0.4, 0.5) is 10.5 Å². The Balaban J connectivity index is 1.24. The average Bonchev–Trinajstić information content (AvgIpc) is 3.26. The molecule has 1 saturated heterocycles. The minimum absolute atomic E-state index is 0.0650. The van der Waals surface area contributed by atoms with Crippen LogP contribution in [0.25, 0.3) is 0 Å². The minimum Gasteiger partial charge on any atom is -0.367 e. The second-order valence-electron chi connectivity index (χ2n) is 8.02. The molecule has 0 saturated carbocycles. The Morgan fingerprint density at radius 3 is 2.61 bits per heavy atom. The van der Waals surface area contributed by atoms with E-state index in [1.54, 1.807) is 0 Å². The van der Waals surface area contributed by atoms with Crippen LogP contribution in [-0.4, -0.2) is 34.2 Å². The van der Waals surface area contributed by atoms with Crippen molar-refractivity contribution in [2.24, 2.45) is 0 Å². The molecule has 0 bridgehead atoms. The number of carbonyl (C=O) groups excluding carboxylic acids is 1. The van der Waals surface area contributed by atoms with E-state index in [-0.39, 0.29) is 11.9 Å². The molecule has 2 amide bonds. The summed E-state index contributed by atoms with van der Waals surface area (Å²) in [6, 6.07) is 15.9. The number of aryl methyl sites for hydroxylation is 2. The van der Waals surface area contributed by atoms with Gasteiger partial charge in [-0.25, -0.2) is 4.79 Å². The highest BCUT2D eigenvalue weighted by molar-refractivity contribution is 5.89. The van der Waals surface area contributed by atoms with Gasteiger partial charge in [-0.1, -0.05) is 41.6 Å².